The van der Waals surface area contributed by atoms with E-state index in [2.05, 4.69) is 37.5 Å². The minimum absolute atomic E-state index is 0.111. The van der Waals surface area contributed by atoms with Crippen LogP contribution in [-0.4, -0.2) is 58.5 Å². The van der Waals surface area contributed by atoms with Crippen molar-refractivity contribution >= 4 is 23.7 Å². The minimum Gasteiger partial charge on any atom is -0.339 e. The van der Waals surface area contributed by atoms with E-state index < -0.39 is 0 Å². The fraction of sp³-hybridized carbons (Fsp3) is 0.250. The van der Waals surface area contributed by atoms with Crippen LogP contribution in [0.4, 0.5) is 0 Å². The smallest absolute Gasteiger partial charge is 0.219 e. The maximum Gasteiger partial charge on any atom is 0.219 e. The fourth-order valence-electron chi connectivity index (χ4n) is 4.25. The van der Waals surface area contributed by atoms with Crippen molar-refractivity contribution in [3.8, 4) is 11.1 Å². The maximum atomic E-state index is 11.4. The maximum absolute atomic E-state index is 11.4. The molecule has 1 saturated heterocycles. The largest absolute Gasteiger partial charge is 0.339 e. The Labute approximate surface area is 190 Å². The third-order valence-electron chi connectivity index (χ3n) is 6.20. The van der Waals surface area contributed by atoms with Crippen LogP contribution in [0.3, 0.4) is 0 Å². The number of aromatic nitrogens is 7. The number of fused-ring (bicyclic) bond motifs is 2. The molecule has 4 aromatic heterocycles. The summed E-state index contributed by atoms with van der Waals surface area (Å²) in [6.07, 6.45) is 12.7. The van der Waals surface area contributed by atoms with Gasteiger partial charge in [-0.15, -0.1) is 10.2 Å². The molecule has 0 saturated carbocycles. The van der Waals surface area contributed by atoms with E-state index in [-0.39, 0.29) is 11.9 Å². The Kier molecular flexibility index (Phi) is 4.42. The van der Waals surface area contributed by atoms with E-state index in [1.54, 1.807) is 11.4 Å². The lowest BCUT2D eigenvalue weighted by atomic mass is 9.95. The molecule has 33 heavy (non-hydrogen) atoms. The van der Waals surface area contributed by atoms with Crippen LogP contribution in [0.15, 0.2) is 48.4 Å². The molecule has 0 radical (unpaired) electrons. The Morgan fingerprint density at radius 2 is 2.00 bits per heavy atom. The molecule has 0 unspecified atom stereocenters. The summed E-state index contributed by atoms with van der Waals surface area (Å²) in [5.41, 5.74) is 6.94. The van der Waals surface area contributed by atoms with Crippen LogP contribution in [0.5, 0.6) is 0 Å². The van der Waals surface area contributed by atoms with Crippen LogP contribution in [0, 0.1) is 6.92 Å². The third kappa shape index (κ3) is 3.51. The van der Waals surface area contributed by atoms with Crippen molar-refractivity contribution < 1.29 is 4.79 Å². The highest BCUT2D eigenvalue weighted by molar-refractivity contribution is 5.74. The van der Waals surface area contributed by atoms with Gasteiger partial charge in [-0.2, -0.15) is 14.7 Å². The highest BCUT2D eigenvalue weighted by atomic mass is 16.2. The van der Waals surface area contributed by atoms with Gasteiger partial charge in [-0.1, -0.05) is 6.08 Å². The summed E-state index contributed by atoms with van der Waals surface area (Å²) in [6, 6.07) is 6.26. The first-order valence-corrected chi connectivity index (χ1v) is 10.9. The summed E-state index contributed by atoms with van der Waals surface area (Å²) in [4.78, 5) is 17.9. The van der Waals surface area contributed by atoms with Gasteiger partial charge in [0.15, 0.2) is 11.5 Å². The van der Waals surface area contributed by atoms with Gasteiger partial charge in [-0.05, 0) is 54.8 Å². The average Bonchev–Trinajstić information content (AvgIpc) is 3.40. The van der Waals surface area contributed by atoms with E-state index in [1.165, 1.54) is 0 Å². The molecular formula is C24H22N8O. The molecule has 1 amide bonds. The van der Waals surface area contributed by atoms with Crippen molar-refractivity contribution in [2.24, 2.45) is 0 Å². The number of rotatable bonds is 3. The van der Waals surface area contributed by atoms with Gasteiger partial charge in [0.2, 0.25) is 5.91 Å². The van der Waals surface area contributed by atoms with Crippen LogP contribution < -0.4 is 0 Å². The Morgan fingerprint density at radius 1 is 1.12 bits per heavy atom. The first-order valence-electron chi connectivity index (χ1n) is 10.9. The number of nitrogens with zero attached hydrogens (tertiary/aromatic N) is 8. The Bertz CT molecular complexity index is 1450. The normalized spacial score (nSPS) is 16.9. The van der Waals surface area contributed by atoms with Gasteiger partial charge in [0.25, 0.3) is 0 Å². The second kappa shape index (κ2) is 7.47. The average molecular weight is 438 g/mol. The second-order valence-electron chi connectivity index (χ2n) is 8.59. The molecule has 0 spiro atoms. The summed E-state index contributed by atoms with van der Waals surface area (Å²) in [5.74, 6) is 0.821. The number of allylic oxidation sites excluding steroid dienone is 2. The lowest BCUT2D eigenvalue weighted by Crippen LogP contribution is -2.49. The highest BCUT2D eigenvalue weighted by Crippen LogP contribution is 2.29. The number of carbonyl (C=O) groups excluding carboxylic acids is 1. The minimum atomic E-state index is 0.111. The topological polar surface area (TPSA) is 94.1 Å². The van der Waals surface area contributed by atoms with Crippen molar-refractivity contribution in [3.63, 3.8) is 0 Å². The van der Waals surface area contributed by atoms with Gasteiger partial charge in [0.05, 0.1) is 23.6 Å². The molecule has 9 nitrogen and oxygen atoms in total. The highest BCUT2D eigenvalue weighted by Gasteiger charge is 2.30. The van der Waals surface area contributed by atoms with E-state index in [0.717, 1.165) is 45.7 Å². The van der Waals surface area contributed by atoms with Crippen LogP contribution >= 0.6 is 0 Å². The number of aryl methyl sites for hydroxylation is 1. The second-order valence-corrected chi connectivity index (χ2v) is 8.59. The Hall–Kier alpha value is -4.14. The zero-order chi connectivity index (χ0) is 22.5. The molecule has 4 aromatic rings. The quantitative estimate of drug-likeness (QED) is 0.488. The van der Waals surface area contributed by atoms with Gasteiger partial charge in [-0.25, -0.2) is 0 Å². The summed E-state index contributed by atoms with van der Waals surface area (Å²) in [7, 11) is 0. The van der Waals surface area contributed by atoms with E-state index in [4.69, 9.17) is 0 Å². The van der Waals surface area contributed by atoms with E-state index in [9.17, 15) is 4.79 Å². The van der Waals surface area contributed by atoms with E-state index in [0.29, 0.717) is 18.9 Å². The molecule has 6 rings (SSSR count). The van der Waals surface area contributed by atoms with E-state index >= 15 is 0 Å². The molecule has 0 bridgehead atoms. The molecule has 1 fully saturated rings. The zero-order valence-electron chi connectivity index (χ0n) is 18.4. The summed E-state index contributed by atoms with van der Waals surface area (Å²) < 4.78 is 3.72. The molecule has 0 aromatic carbocycles. The SMILES string of the molecule is CC(=O)N1CC(n2cc(-c3cnc4c(c3)CC(=Cc3nnc5ccc(C)nn35)C=C4)cn2)C1. The van der Waals surface area contributed by atoms with Crippen molar-refractivity contribution in [1.82, 2.24) is 39.5 Å². The van der Waals surface area contributed by atoms with Gasteiger partial charge >= 0.3 is 0 Å². The summed E-state index contributed by atoms with van der Waals surface area (Å²) in [6.45, 7) is 4.98. The van der Waals surface area contributed by atoms with Crippen molar-refractivity contribution in [2.75, 3.05) is 13.1 Å². The monoisotopic (exact) mass is 438 g/mol. The third-order valence-corrected chi connectivity index (χ3v) is 6.20. The number of carbonyl (C=O) groups is 1. The summed E-state index contributed by atoms with van der Waals surface area (Å²) in [5, 5.41) is 17.5. The zero-order valence-corrected chi connectivity index (χ0v) is 18.4. The molecule has 1 aliphatic heterocycles. The molecule has 2 aliphatic rings. The van der Waals surface area contributed by atoms with Crippen LogP contribution in [0.25, 0.3) is 28.9 Å². The number of hydrogen-bond donors (Lipinski definition) is 0. The molecule has 164 valence electrons. The molecule has 5 heterocycles. The Balaban J connectivity index is 1.25. The number of likely N-dealkylation sites (tertiary alicyclic amines) is 1. The lowest BCUT2D eigenvalue weighted by molar-refractivity contribution is -0.134. The van der Waals surface area contributed by atoms with Gasteiger partial charge in [-0.3, -0.25) is 14.5 Å². The first kappa shape index (κ1) is 19.5. The van der Waals surface area contributed by atoms with Crippen LogP contribution in [0.2, 0.25) is 0 Å². The van der Waals surface area contributed by atoms with Crippen LogP contribution in [0.1, 0.15) is 35.7 Å². The van der Waals surface area contributed by atoms with E-state index in [1.807, 2.05) is 59.4 Å². The van der Waals surface area contributed by atoms with Gasteiger partial charge in [0.1, 0.15) is 0 Å². The predicted molar refractivity (Wildman–Crippen MR) is 123 cm³/mol. The molecule has 9 heteroatoms. The van der Waals surface area contributed by atoms with Gasteiger partial charge in [0, 0.05) is 43.5 Å². The first-order chi connectivity index (χ1) is 16.0. The van der Waals surface area contributed by atoms with Gasteiger partial charge < -0.3 is 4.90 Å². The summed E-state index contributed by atoms with van der Waals surface area (Å²) >= 11 is 0. The van der Waals surface area contributed by atoms with Crippen molar-refractivity contribution in [3.05, 3.63) is 71.2 Å². The standard InChI is InChI=1S/C24H22N8O/c1-15-3-6-23-27-28-24(32(23)29-15)8-17-4-5-22-18(7-17)9-19(10-25-22)20-11-26-31(12-20)21-13-30(14-21)16(2)33/h3-6,8-12,21H,7,13-14H2,1-2H3. The number of amides is 1. The molecule has 0 atom stereocenters. The fourth-order valence-corrected chi connectivity index (χ4v) is 4.25. The molecule has 1 aliphatic carbocycles. The van der Waals surface area contributed by atoms with Crippen molar-refractivity contribution in [1.29, 1.82) is 0 Å². The number of hydrogen-bond acceptors (Lipinski definition) is 6. The van der Waals surface area contributed by atoms with Crippen LogP contribution in [-0.2, 0) is 11.2 Å². The van der Waals surface area contributed by atoms with Crippen molar-refractivity contribution in [2.45, 2.75) is 26.3 Å². The molecular weight excluding hydrogens is 416 g/mol. The lowest BCUT2D eigenvalue weighted by Gasteiger charge is -2.38. The Morgan fingerprint density at radius 3 is 2.85 bits per heavy atom. The molecule has 0 N–H and O–H groups in total. The number of pyridine rings is 1. The predicted octanol–water partition coefficient (Wildman–Crippen LogP) is 2.75.